The van der Waals surface area contributed by atoms with E-state index in [1.54, 1.807) is 0 Å². The average molecular weight is 197 g/mol. The van der Waals surface area contributed by atoms with Crippen LogP contribution in [0, 0.1) is 0 Å². The van der Waals surface area contributed by atoms with Crippen LogP contribution in [-0.4, -0.2) is 23.2 Å². The predicted octanol–water partition coefficient (Wildman–Crippen LogP) is 1.61. The molecule has 2 unspecified atom stereocenters. The zero-order valence-electron chi connectivity index (χ0n) is 9.22. The van der Waals surface area contributed by atoms with Gasteiger partial charge >= 0.3 is 5.97 Å². The quantitative estimate of drug-likeness (QED) is 0.513. The second-order valence-corrected chi connectivity index (χ2v) is 5.42. The molecule has 0 spiro atoms. The Morgan fingerprint density at radius 2 is 2.14 bits per heavy atom. The maximum Gasteiger partial charge on any atom is 0.328 e. The van der Waals surface area contributed by atoms with E-state index in [-0.39, 0.29) is 17.1 Å². The fraction of sp³-hybridized carbons (Fsp3) is 0.909. The molecule has 1 aliphatic heterocycles. The van der Waals surface area contributed by atoms with Gasteiger partial charge in [0.1, 0.15) is 11.1 Å². The van der Waals surface area contributed by atoms with Gasteiger partial charge in [-0.3, -0.25) is 5.32 Å². The van der Waals surface area contributed by atoms with Crippen LogP contribution in [-0.2, 0) is 9.53 Å². The molecule has 3 nitrogen and oxygen atoms in total. The van der Waals surface area contributed by atoms with Crippen LogP contribution in [0.25, 0.3) is 0 Å². The molecule has 0 aromatic rings. The van der Waals surface area contributed by atoms with Crippen LogP contribution in [0.5, 0.6) is 0 Å². The van der Waals surface area contributed by atoms with E-state index in [0.29, 0.717) is 6.04 Å². The summed E-state index contributed by atoms with van der Waals surface area (Å²) in [6.45, 7) is 5.76. The number of nitrogens with one attached hydrogen (secondary N) is 1. The van der Waals surface area contributed by atoms with Gasteiger partial charge in [0, 0.05) is 6.04 Å². The van der Waals surface area contributed by atoms with Crippen LogP contribution in [0.4, 0.5) is 0 Å². The molecule has 1 heterocycles. The minimum atomic E-state index is -0.363. The summed E-state index contributed by atoms with van der Waals surface area (Å²) in [6, 6.07) is 0.395. The van der Waals surface area contributed by atoms with E-state index in [0.717, 1.165) is 19.3 Å². The number of ether oxygens (including phenoxy) is 1. The first-order valence-corrected chi connectivity index (χ1v) is 5.45. The smallest absolute Gasteiger partial charge is 0.328 e. The number of hydrogen-bond donors (Lipinski definition) is 1. The van der Waals surface area contributed by atoms with E-state index >= 15 is 0 Å². The summed E-state index contributed by atoms with van der Waals surface area (Å²) in [5, 5.41) is 3.29. The van der Waals surface area contributed by atoms with Gasteiger partial charge in [0.15, 0.2) is 0 Å². The maximum atomic E-state index is 11.9. The summed E-state index contributed by atoms with van der Waals surface area (Å²) in [5.74, 6) is -0.0466. The topological polar surface area (TPSA) is 48.2 Å². The molecule has 14 heavy (non-hydrogen) atoms. The van der Waals surface area contributed by atoms with Gasteiger partial charge in [-0.05, 0) is 33.6 Å². The Morgan fingerprint density at radius 3 is 2.71 bits per heavy atom. The van der Waals surface area contributed by atoms with Gasteiger partial charge in [-0.2, -0.15) is 0 Å². The third kappa shape index (κ3) is 1.65. The van der Waals surface area contributed by atoms with Gasteiger partial charge in [0.05, 0.1) is 0 Å². The van der Waals surface area contributed by atoms with Crippen molar-refractivity contribution < 1.29 is 9.53 Å². The molecule has 1 aliphatic carbocycles. The van der Waals surface area contributed by atoms with Crippen LogP contribution in [0.3, 0.4) is 0 Å². The molecule has 2 rings (SSSR count). The zero-order chi connectivity index (χ0) is 10.4. The predicted molar refractivity (Wildman–Crippen MR) is 54.0 cm³/mol. The highest BCUT2D eigenvalue weighted by atomic mass is 16.6. The molecule has 1 saturated heterocycles. The molecule has 3 heteroatoms. The maximum absolute atomic E-state index is 11.9. The summed E-state index contributed by atoms with van der Waals surface area (Å²) in [6.07, 6.45) is 4.46. The molecule has 80 valence electrons. The first kappa shape index (κ1) is 9.97. The second kappa shape index (κ2) is 2.96. The summed E-state index contributed by atoms with van der Waals surface area (Å²) >= 11 is 0. The number of hydrogen-bond acceptors (Lipinski definition) is 3. The normalized spacial score (nSPS) is 36.1. The molecule has 1 saturated carbocycles. The van der Waals surface area contributed by atoms with Gasteiger partial charge in [-0.1, -0.05) is 12.8 Å². The molecule has 0 amide bonds. The third-order valence-corrected chi connectivity index (χ3v) is 3.02. The molecule has 1 N–H and O–H groups in total. The van der Waals surface area contributed by atoms with Gasteiger partial charge in [-0.15, -0.1) is 0 Å². The summed E-state index contributed by atoms with van der Waals surface area (Å²) in [4.78, 5) is 11.9. The van der Waals surface area contributed by atoms with Crippen molar-refractivity contribution in [2.45, 2.75) is 63.6 Å². The molecule has 2 atom stereocenters. The fourth-order valence-electron chi connectivity index (χ4n) is 2.26. The van der Waals surface area contributed by atoms with E-state index in [1.165, 1.54) is 6.42 Å². The summed E-state index contributed by atoms with van der Waals surface area (Å²) in [5.41, 5.74) is -0.663. The average Bonchev–Trinajstić information content (AvgIpc) is 2.75. The lowest BCUT2D eigenvalue weighted by molar-refractivity contribution is -0.158. The lowest BCUT2D eigenvalue weighted by Gasteiger charge is -2.25. The van der Waals surface area contributed by atoms with Crippen LogP contribution in [0.15, 0.2) is 0 Å². The molecule has 2 aliphatic rings. The molecular weight excluding hydrogens is 178 g/mol. The van der Waals surface area contributed by atoms with Crippen molar-refractivity contribution in [2.24, 2.45) is 0 Å². The minimum Gasteiger partial charge on any atom is -0.459 e. The molecule has 0 bridgehead atoms. The van der Waals surface area contributed by atoms with Crippen molar-refractivity contribution in [2.75, 3.05) is 0 Å². The minimum absolute atomic E-state index is 0.0466. The Morgan fingerprint density at radius 1 is 1.43 bits per heavy atom. The summed E-state index contributed by atoms with van der Waals surface area (Å²) in [7, 11) is 0. The zero-order valence-corrected chi connectivity index (χ0v) is 9.22. The van der Waals surface area contributed by atoms with Crippen LogP contribution >= 0.6 is 0 Å². The first-order chi connectivity index (χ1) is 6.44. The van der Waals surface area contributed by atoms with Crippen molar-refractivity contribution in [1.29, 1.82) is 0 Å². The largest absolute Gasteiger partial charge is 0.459 e. The van der Waals surface area contributed by atoms with Crippen LogP contribution in [0.1, 0.15) is 46.5 Å². The molecule has 0 aromatic carbocycles. The molecule has 0 aromatic heterocycles. The lowest BCUT2D eigenvalue weighted by atomic mass is 9.89. The van der Waals surface area contributed by atoms with Gasteiger partial charge in [0.25, 0.3) is 0 Å². The van der Waals surface area contributed by atoms with Crippen LogP contribution < -0.4 is 5.32 Å². The number of fused-ring (bicyclic) bond motifs is 1. The fourth-order valence-corrected chi connectivity index (χ4v) is 2.26. The number of esters is 1. The Labute approximate surface area is 85.2 Å². The number of carbonyl (C=O) groups is 1. The second-order valence-electron chi connectivity index (χ2n) is 5.42. The van der Waals surface area contributed by atoms with Crippen molar-refractivity contribution in [3.8, 4) is 0 Å². The molecule has 0 radical (unpaired) electrons. The lowest BCUT2D eigenvalue weighted by Crippen LogP contribution is -2.38. The van der Waals surface area contributed by atoms with E-state index in [4.69, 9.17) is 4.74 Å². The van der Waals surface area contributed by atoms with Crippen molar-refractivity contribution in [3.63, 3.8) is 0 Å². The highest BCUT2D eigenvalue weighted by Crippen LogP contribution is 2.41. The Balaban J connectivity index is 1.99. The van der Waals surface area contributed by atoms with Gasteiger partial charge < -0.3 is 4.74 Å². The molecular formula is C11H19NO2. The number of rotatable bonds is 1. The van der Waals surface area contributed by atoms with E-state index in [9.17, 15) is 4.79 Å². The van der Waals surface area contributed by atoms with Crippen molar-refractivity contribution >= 4 is 5.97 Å². The van der Waals surface area contributed by atoms with Crippen molar-refractivity contribution in [1.82, 2.24) is 5.32 Å². The van der Waals surface area contributed by atoms with E-state index in [1.807, 2.05) is 20.8 Å². The monoisotopic (exact) mass is 197 g/mol. The Bertz CT molecular complexity index is 257. The van der Waals surface area contributed by atoms with Crippen molar-refractivity contribution in [3.05, 3.63) is 0 Å². The highest BCUT2D eigenvalue weighted by Gasteiger charge is 2.61. The Kier molecular flexibility index (Phi) is 2.11. The summed E-state index contributed by atoms with van der Waals surface area (Å²) < 4.78 is 5.42. The van der Waals surface area contributed by atoms with E-state index in [2.05, 4.69) is 5.32 Å². The first-order valence-electron chi connectivity index (χ1n) is 5.45. The van der Waals surface area contributed by atoms with Gasteiger partial charge in [-0.25, -0.2) is 4.79 Å². The molecule has 2 fully saturated rings. The van der Waals surface area contributed by atoms with Crippen LogP contribution in [0.2, 0.25) is 0 Å². The standard InChI is InChI=1S/C11H19NO2/c1-10(2,3)14-9(13)11-7-5-4-6-8(11)12-11/h8,12H,4-7H2,1-3H3. The Hall–Kier alpha value is -0.570. The highest BCUT2D eigenvalue weighted by molar-refractivity contribution is 5.86. The number of carbonyl (C=O) groups excluding carboxylic acids is 1. The third-order valence-electron chi connectivity index (χ3n) is 3.02. The van der Waals surface area contributed by atoms with E-state index < -0.39 is 0 Å². The SMILES string of the molecule is CC(C)(C)OC(=O)C12CCCCC1N2. The van der Waals surface area contributed by atoms with Gasteiger partial charge in [0.2, 0.25) is 0 Å².